The molecule has 0 radical (unpaired) electrons. The highest BCUT2D eigenvalue weighted by Crippen LogP contribution is 2.31. The summed E-state index contributed by atoms with van der Waals surface area (Å²) in [5.74, 6) is 1.27. The number of rotatable bonds is 5. The highest BCUT2D eigenvalue weighted by molar-refractivity contribution is 5.21. The summed E-state index contributed by atoms with van der Waals surface area (Å²) in [5, 5.41) is 0. The molecule has 0 bridgehead atoms. The van der Waals surface area contributed by atoms with Crippen LogP contribution >= 0.6 is 0 Å². The average molecular weight is 289 g/mol. The number of halogens is 3. The second kappa shape index (κ2) is 6.37. The first-order chi connectivity index (χ1) is 9.10. The molecule has 20 heavy (non-hydrogen) atoms. The van der Waals surface area contributed by atoms with Crippen molar-refractivity contribution in [3.63, 3.8) is 0 Å². The van der Waals surface area contributed by atoms with Gasteiger partial charge in [0.1, 0.15) is 5.76 Å². The van der Waals surface area contributed by atoms with Gasteiger partial charge < -0.3 is 9.64 Å². The topological polar surface area (TPSA) is 12.5 Å². The standard InChI is InChI=1S/C15H22F3NO/c1-10(2)14-9-19(8-11(14)3)12(4)6-7-13(5)20-15(16,17)18/h6-7,10-11,14H,4-5,8-9H2,1-3H3/b7-6-. The van der Waals surface area contributed by atoms with Crippen molar-refractivity contribution in [2.75, 3.05) is 13.1 Å². The van der Waals surface area contributed by atoms with Gasteiger partial charge in [-0.3, -0.25) is 0 Å². The average Bonchev–Trinajstić information content (AvgIpc) is 2.66. The van der Waals surface area contributed by atoms with E-state index in [2.05, 4.69) is 43.6 Å². The quantitative estimate of drug-likeness (QED) is 0.552. The van der Waals surface area contributed by atoms with Crippen LogP contribution in [0.3, 0.4) is 0 Å². The van der Waals surface area contributed by atoms with E-state index in [1.807, 2.05) is 0 Å². The lowest BCUT2D eigenvalue weighted by atomic mass is 9.88. The Hall–Kier alpha value is -1.39. The van der Waals surface area contributed by atoms with Gasteiger partial charge >= 0.3 is 6.36 Å². The van der Waals surface area contributed by atoms with Gasteiger partial charge in [0.2, 0.25) is 0 Å². The zero-order valence-corrected chi connectivity index (χ0v) is 12.2. The summed E-state index contributed by atoms with van der Waals surface area (Å²) >= 11 is 0. The minimum atomic E-state index is -4.70. The van der Waals surface area contributed by atoms with Crippen molar-refractivity contribution in [2.24, 2.45) is 17.8 Å². The van der Waals surface area contributed by atoms with Crippen LogP contribution in [0.2, 0.25) is 0 Å². The third-order valence-electron chi connectivity index (χ3n) is 3.64. The fourth-order valence-electron chi connectivity index (χ4n) is 2.57. The second-order valence-electron chi connectivity index (χ2n) is 5.63. The molecule has 1 aliphatic rings. The van der Waals surface area contributed by atoms with Crippen LogP contribution in [-0.2, 0) is 4.74 Å². The van der Waals surface area contributed by atoms with Crippen LogP contribution in [0.4, 0.5) is 13.2 Å². The van der Waals surface area contributed by atoms with E-state index in [1.54, 1.807) is 0 Å². The summed E-state index contributed by atoms with van der Waals surface area (Å²) in [6, 6.07) is 0. The van der Waals surface area contributed by atoms with Gasteiger partial charge in [0.15, 0.2) is 0 Å². The zero-order valence-electron chi connectivity index (χ0n) is 12.2. The fraction of sp³-hybridized carbons (Fsp3) is 0.600. The summed E-state index contributed by atoms with van der Waals surface area (Å²) in [6.07, 6.45) is -1.99. The van der Waals surface area contributed by atoms with E-state index in [0.29, 0.717) is 23.5 Å². The zero-order chi connectivity index (χ0) is 15.5. The lowest BCUT2D eigenvalue weighted by molar-refractivity contribution is -0.303. The van der Waals surface area contributed by atoms with Crippen LogP contribution < -0.4 is 0 Å². The molecular weight excluding hydrogens is 267 g/mol. The van der Waals surface area contributed by atoms with Crippen molar-refractivity contribution in [1.82, 2.24) is 4.90 Å². The lowest BCUT2D eigenvalue weighted by Gasteiger charge is -2.20. The largest absolute Gasteiger partial charge is 0.573 e. The van der Waals surface area contributed by atoms with E-state index in [1.165, 1.54) is 12.2 Å². The number of hydrogen-bond donors (Lipinski definition) is 0. The second-order valence-corrected chi connectivity index (χ2v) is 5.63. The SMILES string of the molecule is C=C(/C=C\C(=C)N1CC(C)C(C(C)C)C1)OC(F)(F)F. The van der Waals surface area contributed by atoms with Crippen LogP contribution in [0, 0.1) is 17.8 Å². The molecule has 1 saturated heterocycles. The lowest BCUT2D eigenvalue weighted by Crippen LogP contribution is -2.20. The number of ether oxygens (including phenoxy) is 1. The normalized spacial score (nSPS) is 23.6. The molecule has 0 N–H and O–H groups in total. The molecule has 0 aromatic carbocycles. The molecule has 1 rings (SSSR count). The van der Waals surface area contributed by atoms with Gasteiger partial charge in [-0.2, -0.15) is 0 Å². The van der Waals surface area contributed by atoms with E-state index < -0.39 is 12.1 Å². The highest BCUT2D eigenvalue weighted by atomic mass is 19.4. The minimum absolute atomic E-state index is 0.439. The Labute approximate surface area is 118 Å². The van der Waals surface area contributed by atoms with Crippen molar-refractivity contribution in [1.29, 1.82) is 0 Å². The Morgan fingerprint density at radius 2 is 1.85 bits per heavy atom. The maximum Gasteiger partial charge on any atom is 0.573 e. The van der Waals surface area contributed by atoms with Crippen molar-refractivity contribution in [3.8, 4) is 0 Å². The van der Waals surface area contributed by atoms with E-state index in [9.17, 15) is 13.2 Å². The van der Waals surface area contributed by atoms with E-state index in [4.69, 9.17) is 0 Å². The van der Waals surface area contributed by atoms with E-state index >= 15 is 0 Å². The third kappa shape index (κ3) is 4.94. The first-order valence-corrected chi connectivity index (χ1v) is 6.66. The highest BCUT2D eigenvalue weighted by Gasteiger charge is 2.32. The van der Waals surface area contributed by atoms with Crippen LogP contribution in [0.5, 0.6) is 0 Å². The van der Waals surface area contributed by atoms with Crippen molar-refractivity contribution in [2.45, 2.75) is 27.1 Å². The molecule has 0 saturated carbocycles. The van der Waals surface area contributed by atoms with Gasteiger partial charge in [-0.05, 0) is 29.9 Å². The first kappa shape index (κ1) is 16.7. The molecule has 2 atom stereocenters. The van der Waals surface area contributed by atoms with Gasteiger partial charge in [0.25, 0.3) is 0 Å². The Kier molecular flexibility index (Phi) is 5.31. The molecule has 0 aliphatic carbocycles. The van der Waals surface area contributed by atoms with Gasteiger partial charge in [0.05, 0.1) is 0 Å². The number of nitrogens with zero attached hydrogens (tertiary/aromatic N) is 1. The molecule has 0 spiro atoms. The first-order valence-electron chi connectivity index (χ1n) is 6.66. The number of alkyl halides is 3. The van der Waals surface area contributed by atoms with Crippen molar-refractivity contribution in [3.05, 3.63) is 36.8 Å². The van der Waals surface area contributed by atoms with Crippen molar-refractivity contribution < 1.29 is 17.9 Å². The summed E-state index contributed by atoms with van der Waals surface area (Å²) < 4.78 is 39.6. The van der Waals surface area contributed by atoms with Crippen molar-refractivity contribution >= 4 is 0 Å². The van der Waals surface area contributed by atoms with E-state index in [-0.39, 0.29) is 0 Å². The molecule has 1 aliphatic heterocycles. The predicted octanol–water partition coefficient (Wildman–Crippen LogP) is 4.33. The Morgan fingerprint density at radius 1 is 1.25 bits per heavy atom. The summed E-state index contributed by atoms with van der Waals surface area (Å²) in [4.78, 5) is 2.09. The molecule has 1 fully saturated rings. The maximum atomic E-state index is 12.0. The summed E-state index contributed by atoms with van der Waals surface area (Å²) in [5.41, 5.74) is 0.687. The monoisotopic (exact) mass is 289 g/mol. The van der Waals surface area contributed by atoms with Gasteiger partial charge in [-0.1, -0.05) is 33.9 Å². The molecule has 0 aromatic rings. The number of hydrogen-bond acceptors (Lipinski definition) is 2. The molecule has 2 nitrogen and oxygen atoms in total. The minimum Gasteiger partial charge on any atom is -0.406 e. The van der Waals surface area contributed by atoms with Crippen LogP contribution in [0.15, 0.2) is 36.8 Å². The Balaban J connectivity index is 2.54. The van der Waals surface area contributed by atoms with Crippen LogP contribution in [0.25, 0.3) is 0 Å². The fourth-order valence-corrected chi connectivity index (χ4v) is 2.57. The Bertz CT molecular complexity index is 398. The summed E-state index contributed by atoms with van der Waals surface area (Å²) in [6.45, 7) is 15.4. The molecule has 5 heteroatoms. The molecule has 1 heterocycles. The molecular formula is C15H22F3NO. The van der Waals surface area contributed by atoms with Gasteiger partial charge in [-0.15, -0.1) is 13.2 Å². The molecule has 2 unspecified atom stereocenters. The van der Waals surface area contributed by atoms with Crippen LogP contribution in [0.1, 0.15) is 20.8 Å². The third-order valence-corrected chi connectivity index (χ3v) is 3.64. The number of allylic oxidation sites excluding steroid dienone is 2. The summed E-state index contributed by atoms with van der Waals surface area (Å²) in [7, 11) is 0. The van der Waals surface area contributed by atoms with Gasteiger partial charge in [-0.25, -0.2) is 0 Å². The molecule has 0 amide bonds. The maximum absolute atomic E-state index is 12.0. The number of likely N-dealkylation sites (tertiary alicyclic amines) is 1. The predicted molar refractivity (Wildman–Crippen MR) is 73.6 cm³/mol. The van der Waals surface area contributed by atoms with Gasteiger partial charge in [0, 0.05) is 18.8 Å². The smallest absolute Gasteiger partial charge is 0.406 e. The van der Waals surface area contributed by atoms with Crippen LogP contribution in [-0.4, -0.2) is 24.4 Å². The Morgan fingerprint density at radius 3 is 2.30 bits per heavy atom. The molecule has 114 valence electrons. The molecule has 0 aromatic heterocycles. The van der Waals surface area contributed by atoms with E-state index in [0.717, 1.165) is 13.1 Å².